The smallest absolute Gasteiger partial charge is 0.137 e. The summed E-state index contributed by atoms with van der Waals surface area (Å²) in [6, 6.07) is 66.8. The van der Waals surface area contributed by atoms with Gasteiger partial charge in [0.25, 0.3) is 0 Å². The molecule has 11 rings (SSSR count). The molecule has 268 valence electrons. The van der Waals surface area contributed by atoms with Gasteiger partial charge in [-0.2, -0.15) is 0 Å². The van der Waals surface area contributed by atoms with E-state index in [0.29, 0.717) is 5.92 Å². The summed E-state index contributed by atoms with van der Waals surface area (Å²) in [6.07, 6.45) is 6.46. The first-order chi connectivity index (χ1) is 27.8. The minimum atomic E-state index is 0.579. The van der Waals surface area contributed by atoms with Crippen molar-refractivity contribution in [3.8, 4) is 22.3 Å². The van der Waals surface area contributed by atoms with Gasteiger partial charge in [-0.15, -0.1) is 0 Å². The first-order valence-electron chi connectivity index (χ1n) is 20.1. The van der Waals surface area contributed by atoms with E-state index in [1.54, 1.807) is 0 Å². The number of rotatable bonds is 6. The lowest BCUT2D eigenvalue weighted by atomic mass is 9.80. The fraction of sp³-hybridized carbons (Fsp3) is 0.111. The second kappa shape index (κ2) is 13.6. The summed E-state index contributed by atoms with van der Waals surface area (Å²) in [6.45, 7) is 0. The number of benzene rings is 9. The number of hydrogen-bond donors (Lipinski definition) is 0. The van der Waals surface area contributed by atoms with E-state index in [-0.39, 0.29) is 0 Å². The highest BCUT2D eigenvalue weighted by atomic mass is 16.3. The first-order valence-corrected chi connectivity index (χ1v) is 20.1. The molecule has 0 unspecified atom stereocenters. The molecule has 1 aliphatic carbocycles. The van der Waals surface area contributed by atoms with Gasteiger partial charge in [0.05, 0.1) is 11.4 Å². The molecule has 1 saturated carbocycles. The lowest BCUT2D eigenvalue weighted by molar-refractivity contribution is 0.445. The van der Waals surface area contributed by atoms with Gasteiger partial charge in [0, 0.05) is 33.7 Å². The molecule has 0 atom stereocenters. The Morgan fingerprint density at radius 2 is 0.982 bits per heavy atom. The number of nitrogens with zero attached hydrogens (tertiary/aromatic N) is 1. The molecule has 1 aromatic heterocycles. The Morgan fingerprint density at radius 1 is 0.393 bits per heavy atom. The summed E-state index contributed by atoms with van der Waals surface area (Å²) in [7, 11) is 0. The van der Waals surface area contributed by atoms with E-state index in [0.717, 1.165) is 39.0 Å². The Kier molecular flexibility index (Phi) is 7.95. The van der Waals surface area contributed by atoms with Gasteiger partial charge in [-0.1, -0.05) is 165 Å². The number of furan rings is 1. The lowest BCUT2D eigenvalue weighted by Gasteiger charge is -2.31. The zero-order valence-corrected chi connectivity index (χ0v) is 31.3. The number of fused-ring (bicyclic) bond motifs is 7. The topological polar surface area (TPSA) is 16.4 Å². The van der Waals surface area contributed by atoms with Crippen molar-refractivity contribution in [1.82, 2.24) is 0 Å². The van der Waals surface area contributed by atoms with Crippen LogP contribution >= 0.6 is 0 Å². The second-order valence-corrected chi connectivity index (χ2v) is 15.4. The monoisotopic (exact) mass is 719 g/mol. The molecule has 9 aromatic carbocycles. The molecule has 0 radical (unpaired) electrons. The van der Waals surface area contributed by atoms with Crippen LogP contribution in [0.4, 0.5) is 17.1 Å². The van der Waals surface area contributed by atoms with Crippen molar-refractivity contribution >= 4 is 71.3 Å². The van der Waals surface area contributed by atoms with Gasteiger partial charge in [-0.05, 0) is 98.1 Å². The molecule has 1 aliphatic rings. The summed E-state index contributed by atoms with van der Waals surface area (Å²) >= 11 is 0. The normalized spacial score (nSPS) is 13.6. The van der Waals surface area contributed by atoms with Crippen LogP contribution in [0.1, 0.15) is 43.6 Å². The van der Waals surface area contributed by atoms with Crippen molar-refractivity contribution in [2.75, 3.05) is 4.90 Å². The molecule has 56 heavy (non-hydrogen) atoms. The zero-order chi connectivity index (χ0) is 37.0. The second-order valence-electron chi connectivity index (χ2n) is 15.4. The van der Waals surface area contributed by atoms with Crippen molar-refractivity contribution in [2.45, 2.75) is 38.0 Å². The van der Waals surface area contributed by atoms with Crippen LogP contribution < -0.4 is 4.90 Å². The molecule has 2 nitrogen and oxygen atoms in total. The highest BCUT2D eigenvalue weighted by molar-refractivity contribution is 6.14. The molecule has 0 N–H and O–H groups in total. The molecule has 1 heterocycles. The van der Waals surface area contributed by atoms with Crippen molar-refractivity contribution in [3.05, 3.63) is 188 Å². The Bertz CT molecular complexity index is 3090. The van der Waals surface area contributed by atoms with Crippen molar-refractivity contribution in [1.29, 1.82) is 0 Å². The third-order valence-electron chi connectivity index (χ3n) is 12.3. The van der Waals surface area contributed by atoms with E-state index in [9.17, 15) is 0 Å². The van der Waals surface area contributed by atoms with E-state index in [1.165, 1.54) is 92.2 Å². The van der Waals surface area contributed by atoms with Crippen LogP contribution in [-0.4, -0.2) is 0 Å². The van der Waals surface area contributed by atoms with Gasteiger partial charge >= 0.3 is 0 Å². The molecule has 0 spiro atoms. The van der Waals surface area contributed by atoms with Crippen LogP contribution in [0.25, 0.3) is 76.5 Å². The standard InChI is InChI=1S/C54H41NO/c1-2-15-36(16-3-1)41-24-12-18-38-19-13-27-49(54(38)41)46-22-7-10-29-51(46)55(39-32-34-48-47-23-8-11-30-52(47)56-53(48)35-39)50-28-9-6-21-45(50)43-26-14-25-42-40-20-5-4-17-37(40)31-33-44(42)43/h4-14,17-36H,1-3,15-16H2. The maximum absolute atomic E-state index is 6.56. The maximum atomic E-state index is 6.56. The summed E-state index contributed by atoms with van der Waals surface area (Å²) in [5.41, 5.74) is 11.4. The van der Waals surface area contributed by atoms with Gasteiger partial charge in [-0.25, -0.2) is 0 Å². The minimum absolute atomic E-state index is 0.579. The Morgan fingerprint density at radius 3 is 1.82 bits per heavy atom. The van der Waals surface area contributed by atoms with Crippen LogP contribution in [0.15, 0.2) is 186 Å². The van der Waals surface area contributed by atoms with Gasteiger partial charge in [-0.3, -0.25) is 0 Å². The van der Waals surface area contributed by atoms with Crippen LogP contribution in [0.5, 0.6) is 0 Å². The van der Waals surface area contributed by atoms with Crippen molar-refractivity contribution in [3.63, 3.8) is 0 Å². The van der Waals surface area contributed by atoms with Gasteiger partial charge in [0.15, 0.2) is 0 Å². The Labute approximate surface area is 327 Å². The average Bonchev–Trinajstić information content (AvgIpc) is 3.64. The molecule has 0 bridgehead atoms. The summed E-state index contributed by atoms with van der Waals surface area (Å²) in [5.74, 6) is 0.579. The van der Waals surface area contributed by atoms with Crippen LogP contribution in [0.3, 0.4) is 0 Å². The number of anilines is 3. The largest absolute Gasteiger partial charge is 0.456 e. The van der Waals surface area contributed by atoms with Crippen LogP contribution in [0, 0.1) is 0 Å². The minimum Gasteiger partial charge on any atom is -0.456 e. The van der Waals surface area contributed by atoms with Crippen molar-refractivity contribution < 1.29 is 4.42 Å². The van der Waals surface area contributed by atoms with Crippen molar-refractivity contribution in [2.24, 2.45) is 0 Å². The van der Waals surface area contributed by atoms with Gasteiger partial charge < -0.3 is 9.32 Å². The molecular formula is C54H41NO. The van der Waals surface area contributed by atoms with Gasteiger partial charge in [0.1, 0.15) is 11.2 Å². The highest BCUT2D eigenvalue weighted by Gasteiger charge is 2.25. The zero-order valence-electron chi connectivity index (χ0n) is 31.3. The quantitative estimate of drug-likeness (QED) is 0.159. The molecule has 2 heteroatoms. The van der Waals surface area contributed by atoms with E-state index in [4.69, 9.17) is 4.42 Å². The average molecular weight is 720 g/mol. The van der Waals surface area contributed by atoms with E-state index < -0.39 is 0 Å². The number of hydrogen-bond acceptors (Lipinski definition) is 2. The van der Waals surface area contributed by atoms with E-state index in [1.807, 2.05) is 6.07 Å². The van der Waals surface area contributed by atoms with E-state index in [2.05, 4.69) is 181 Å². The fourth-order valence-electron chi connectivity index (χ4n) is 9.68. The molecule has 0 saturated heterocycles. The summed E-state index contributed by atoms with van der Waals surface area (Å²) in [5, 5.41) is 9.97. The fourth-order valence-corrected chi connectivity index (χ4v) is 9.68. The molecular weight excluding hydrogens is 679 g/mol. The number of para-hydroxylation sites is 3. The highest BCUT2D eigenvalue weighted by Crippen LogP contribution is 2.49. The third kappa shape index (κ3) is 5.39. The predicted molar refractivity (Wildman–Crippen MR) is 238 cm³/mol. The lowest BCUT2D eigenvalue weighted by Crippen LogP contribution is -2.12. The molecule has 0 amide bonds. The SMILES string of the molecule is c1ccc(N(c2ccc3c(c2)oc2ccccc23)c2ccccc2-c2cccc3cccc(C4CCCCC4)c23)c(-c2cccc3c2ccc2ccccc23)c1. The summed E-state index contributed by atoms with van der Waals surface area (Å²) < 4.78 is 6.56. The predicted octanol–water partition coefficient (Wildman–Crippen LogP) is 15.9. The summed E-state index contributed by atoms with van der Waals surface area (Å²) in [4.78, 5) is 2.47. The first kappa shape index (κ1) is 32.8. The van der Waals surface area contributed by atoms with Gasteiger partial charge in [0.2, 0.25) is 0 Å². The molecule has 0 aliphatic heterocycles. The Hall–Kier alpha value is -6.64. The van der Waals surface area contributed by atoms with Crippen LogP contribution in [0.2, 0.25) is 0 Å². The third-order valence-corrected chi connectivity index (χ3v) is 12.3. The molecule has 1 fully saturated rings. The van der Waals surface area contributed by atoms with Crippen LogP contribution in [-0.2, 0) is 0 Å². The van der Waals surface area contributed by atoms with E-state index >= 15 is 0 Å². The Balaban J connectivity index is 1.18. The maximum Gasteiger partial charge on any atom is 0.137 e. The molecule has 10 aromatic rings.